The monoisotopic (exact) mass is 527 g/mol. The normalized spacial score (nSPS) is 12.1. The Balaban J connectivity index is 1.88. The molecule has 9 nitrogen and oxygen atoms in total. The summed E-state index contributed by atoms with van der Waals surface area (Å²) < 4.78 is 7.09. The van der Waals surface area contributed by atoms with E-state index >= 15 is 0 Å². The van der Waals surface area contributed by atoms with E-state index in [1.54, 1.807) is 48.5 Å². The third-order valence-corrected chi connectivity index (χ3v) is 6.03. The molecular weight excluding hydrogens is 494 g/mol. The fourth-order valence-electron chi connectivity index (χ4n) is 4.41. The molecule has 0 aliphatic heterocycles. The first-order valence-electron chi connectivity index (χ1n) is 12.8. The van der Waals surface area contributed by atoms with Crippen molar-refractivity contribution < 1.29 is 19.1 Å². The van der Waals surface area contributed by atoms with E-state index in [9.17, 15) is 14.4 Å². The lowest BCUT2D eigenvalue weighted by Gasteiger charge is -2.34. The Morgan fingerprint density at radius 1 is 0.974 bits per heavy atom. The molecule has 3 aromatic carbocycles. The molecule has 1 unspecified atom stereocenters. The number of anilines is 1. The minimum atomic E-state index is -1.08. The summed E-state index contributed by atoms with van der Waals surface area (Å²) in [4.78, 5) is 42.2. The molecule has 0 saturated heterocycles. The van der Waals surface area contributed by atoms with E-state index in [1.165, 1.54) is 16.5 Å². The molecule has 0 saturated carbocycles. The SMILES string of the molecule is CCOc1ccc(C(C(=O)NC(C)(C)C)N(C(=O)Cn2nnc3ccccc32)c2ccccc2C(C)=O)cc1. The maximum absolute atomic E-state index is 14.2. The number of nitrogens with one attached hydrogen (secondary N) is 1. The van der Waals surface area contributed by atoms with Crippen LogP contribution in [0.4, 0.5) is 5.69 Å². The topological polar surface area (TPSA) is 106 Å². The van der Waals surface area contributed by atoms with Crippen LogP contribution in [0.1, 0.15) is 56.6 Å². The van der Waals surface area contributed by atoms with Crippen LogP contribution in [0.5, 0.6) is 5.75 Å². The van der Waals surface area contributed by atoms with Gasteiger partial charge in [0.15, 0.2) is 5.78 Å². The molecular formula is C30H33N5O4. The summed E-state index contributed by atoms with van der Waals surface area (Å²) in [6, 6.07) is 20.1. The Kier molecular flexibility index (Phi) is 8.09. The van der Waals surface area contributed by atoms with Gasteiger partial charge in [-0.3, -0.25) is 19.3 Å². The lowest BCUT2D eigenvalue weighted by molar-refractivity contribution is -0.128. The summed E-state index contributed by atoms with van der Waals surface area (Å²) in [5.41, 5.74) is 1.99. The standard InChI is InChI=1S/C30H33N5O4/c1-6-39-22-17-15-21(16-18-22)28(29(38)31-30(3,4)5)35(25-13-9-7-11-23(25)20(2)36)27(37)19-34-26-14-10-8-12-24(26)32-33-34/h7-18,28H,6,19H2,1-5H3,(H,31,38). The number of ether oxygens (including phenoxy) is 1. The number of ketones is 1. The highest BCUT2D eigenvalue weighted by Gasteiger charge is 2.36. The van der Waals surface area contributed by atoms with Crippen molar-refractivity contribution in [1.29, 1.82) is 0 Å². The summed E-state index contributed by atoms with van der Waals surface area (Å²) in [5, 5.41) is 11.3. The Bertz CT molecular complexity index is 1490. The third-order valence-electron chi connectivity index (χ3n) is 6.03. The van der Waals surface area contributed by atoms with Gasteiger partial charge in [-0.25, -0.2) is 4.68 Å². The van der Waals surface area contributed by atoms with Crippen LogP contribution >= 0.6 is 0 Å². The van der Waals surface area contributed by atoms with Crippen molar-refractivity contribution in [2.45, 2.75) is 52.7 Å². The van der Waals surface area contributed by atoms with Gasteiger partial charge in [0.25, 0.3) is 0 Å². The van der Waals surface area contributed by atoms with Gasteiger partial charge < -0.3 is 10.1 Å². The molecule has 0 spiro atoms. The maximum Gasteiger partial charge on any atom is 0.249 e. The molecule has 202 valence electrons. The first-order valence-corrected chi connectivity index (χ1v) is 12.8. The van der Waals surface area contributed by atoms with Crippen molar-refractivity contribution in [2.75, 3.05) is 11.5 Å². The molecule has 2 amide bonds. The summed E-state index contributed by atoms with van der Waals surface area (Å²) in [5.74, 6) is -0.396. The Morgan fingerprint density at radius 3 is 2.31 bits per heavy atom. The van der Waals surface area contributed by atoms with Gasteiger partial charge in [-0.05, 0) is 76.6 Å². The van der Waals surface area contributed by atoms with E-state index in [1.807, 2.05) is 52.0 Å². The Hall–Kier alpha value is -4.53. The minimum Gasteiger partial charge on any atom is -0.494 e. The van der Waals surface area contributed by atoms with Gasteiger partial charge >= 0.3 is 0 Å². The molecule has 0 aliphatic rings. The molecule has 1 heterocycles. The quantitative estimate of drug-likeness (QED) is 0.316. The fourth-order valence-corrected chi connectivity index (χ4v) is 4.41. The Morgan fingerprint density at radius 2 is 1.64 bits per heavy atom. The first-order chi connectivity index (χ1) is 18.6. The van der Waals surface area contributed by atoms with Crippen LogP contribution in [0.2, 0.25) is 0 Å². The molecule has 4 rings (SSSR count). The summed E-state index contributed by atoms with van der Waals surface area (Å²) >= 11 is 0. The second kappa shape index (κ2) is 11.5. The van der Waals surface area contributed by atoms with Crippen molar-refractivity contribution in [3.8, 4) is 5.75 Å². The van der Waals surface area contributed by atoms with Crippen molar-refractivity contribution >= 4 is 34.3 Å². The van der Waals surface area contributed by atoms with Crippen LogP contribution in [-0.2, 0) is 16.1 Å². The van der Waals surface area contributed by atoms with Crippen molar-refractivity contribution in [1.82, 2.24) is 20.3 Å². The first kappa shape index (κ1) is 27.5. The van der Waals surface area contributed by atoms with E-state index in [0.29, 0.717) is 40.2 Å². The van der Waals surface area contributed by atoms with E-state index < -0.39 is 17.5 Å². The molecule has 39 heavy (non-hydrogen) atoms. The highest BCUT2D eigenvalue weighted by Crippen LogP contribution is 2.33. The highest BCUT2D eigenvalue weighted by molar-refractivity contribution is 6.08. The number of rotatable bonds is 9. The van der Waals surface area contributed by atoms with Crippen LogP contribution < -0.4 is 15.0 Å². The second-order valence-corrected chi connectivity index (χ2v) is 10.2. The summed E-state index contributed by atoms with van der Waals surface area (Å²) in [6.07, 6.45) is 0. The van der Waals surface area contributed by atoms with Crippen LogP contribution in [0.3, 0.4) is 0 Å². The van der Waals surface area contributed by atoms with Gasteiger partial charge in [0.05, 0.1) is 17.8 Å². The number of fused-ring (bicyclic) bond motifs is 1. The number of hydrogen-bond acceptors (Lipinski definition) is 6. The second-order valence-electron chi connectivity index (χ2n) is 10.2. The number of carbonyl (C=O) groups is 3. The predicted octanol–water partition coefficient (Wildman–Crippen LogP) is 4.72. The number of para-hydroxylation sites is 2. The fraction of sp³-hybridized carbons (Fsp3) is 0.300. The van der Waals surface area contributed by atoms with Crippen LogP contribution in [0.15, 0.2) is 72.8 Å². The predicted molar refractivity (Wildman–Crippen MR) is 150 cm³/mol. The molecule has 9 heteroatoms. The number of nitrogens with zero attached hydrogens (tertiary/aromatic N) is 4. The van der Waals surface area contributed by atoms with Crippen molar-refractivity contribution in [3.05, 3.63) is 83.9 Å². The van der Waals surface area contributed by atoms with Crippen LogP contribution in [-0.4, -0.2) is 44.7 Å². The molecule has 0 aliphatic carbocycles. The molecule has 0 radical (unpaired) electrons. The number of Topliss-reactive ketones (excluding diaryl/α,β-unsaturated/α-hetero) is 1. The third kappa shape index (κ3) is 6.31. The van der Waals surface area contributed by atoms with Gasteiger partial charge in [-0.2, -0.15) is 0 Å². The average Bonchev–Trinajstić information content (AvgIpc) is 3.29. The molecule has 1 N–H and O–H groups in total. The smallest absolute Gasteiger partial charge is 0.249 e. The van der Waals surface area contributed by atoms with Gasteiger partial charge in [-0.15, -0.1) is 5.10 Å². The molecule has 4 aromatic rings. The van der Waals surface area contributed by atoms with Gasteiger partial charge in [0, 0.05) is 11.1 Å². The minimum absolute atomic E-state index is 0.191. The molecule has 0 fully saturated rings. The number of aromatic nitrogens is 3. The number of carbonyl (C=O) groups excluding carboxylic acids is 3. The van der Waals surface area contributed by atoms with Crippen LogP contribution in [0.25, 0.3) is 11.0 Å². The largest absolute Gasteiger partial charge is 0.494 e. The zero-order chi connectivity index (χ0) is 28.2. The van der Waals surface area contributed by atoms with Gasteiger partial charge in [-0.1, -0.05) is 41.6 Å². The average molecular weight is 528 g/mol. The molecule has 1 atom stereocenters. The van der Waals surface area contributed by atoms with Crippen molar-refractivity contribution in [2.24, 2.45) is 0 Å². The van der Waals surface area contributed by atoms with Crippen molar-refractivity contribution in [3.63, 3.8) is 0 Å². The van der Waals surface area contributed by atoms with E-state index in [0.717, 1.165) is 0 Å². The van der Waals surface area contributed by atoms with E-state index in [2.05, 4.69) is 15.6 Å². The summed E-state index contributed by atoms with van der Waals surface area (Å²) in [7, 11) is 0. The lowest BCUT2D eigenvalue weighted by atomic mass is 9.99. The zero-order valence-corrected chi connectivity index (χ0v) is 22.8. The maximum atomic E-state index is 14.2. The molecule has 1 aromatic heterocycles. The van der Waals surface area contributed by atoms with E-state index in [-0.39, 0.29) is 18.2 Å². The lowest BCUT2D eigenvalue weighted by Crippen LogP contribution is -2.50. The highest BCUT2D eigenvalue weighted by atomic mass is 16.5. The number of amides is 2. The summed E-state index contributed by atoms with van der Waals surface area (Å²) in [6.45, 7) is 9.25. The van der Waals surface area contributed by atoms with E-state index in [4.69, 9.17) is 4.74 Å². The Labute approximate surface area is 227 Å². The van der Waals surface area contributed by atoms with Gasteiger partial charge in [0.1, 0.15) is 23.9 Å². The number of benzene rings is 3. The van der Waals surface area contributed by atoms with Crippen LogP contribution in [0, 0.1) is 0 Å². The van der Waals surface area contributed by atoms with Gasteiger partial charge in [0.2, 0.25) is 11.8 Å². The number of hydrogen-bond donors (Lipinski definition) is 1. The zero-order valence-electron chi connectivity index (χ0n) is 22.8. The molecule has 0 bridgehead atoms.